The van der Waals surface area contributed by atoms with Crippen molar-refractivity contribution >= 4 is 5.69 Å². The largest absolute Gasteiger partial charge is 0.390 e. The number of nitriles is 1. The molecule has 1 aromatic rings. The SMILES string of the molecule is CC1(C)CNCC(O)CN1c1ccccc1C#N. The predicted molar refractivity (Wildman–Crippen MR) is 71.5 cm³/mol. The van der Waals surface area contributed by atoms with Gasteiger partial charge in [-0.05, 0) is 26.0 Å². The zero-order valence-corrected chi connectivity index (χ0v) is 10.8. The Morgan fingerprint density at radius 3 is 2.89 bits per heavy atom. The third-order valence-corrected chi connectivity index (χ3v) is 3.38. The quantitative estimate of drug-likeness (QED) is 0.778. The minimum Gasteiger partial charge on any atom is -0.390 e. The van der Waals surface area contributed by atoms with Crippen molar-refractivity contribution < 1.29 is 5.11 Å². The van der Waals surface area contributed by atoms with Gasteiger partial charge in [0.1, 0.15) is 6.07 Å². The maximum absolute atomic E-state index is 9.93. The summed E-state index contributed by atoms with van der Waals surface area (Å²) in [5.74, 6) is 0. The summed E-state index contributed by atoms with van der Waals surface area (Å²) in [5.41, 5.74) is 1.41. The number of benzene rings is 1. The van der Waals surface area contributed by atoms with Gasteiger partial charge in [-0.2, -0.15) is 5.26 Å². The number of anilines is 1. The van der Waals surface area contributed by atoms with E-state index < -0.39 is 6.10 Å². The van der Waals surface area contributed by atoms with E-state index in [0.717, 1.165) is 12.2 Å². The highest BCUT2D eigenvalue weighted by Crippen LogP contribution is 2.28. The number of aliphatic hydroxyl groups excluding tert-OH is 1. The van der Waals surface area contributed by atoms with Gasteiger partial charge in [-0.3, -0.25) is 0 Å². The van der Waals surface area contributed by atoms with E-state index >= 15 is 0 Å². The van der Waals surface area contributed by atoms with E-state index in [-0.39, 0.29) is 5.54 Å². The van der Waals surface area contributed by atoms with Crippen LogP contribution < -0.4 is 10.2 Å². The molecule has 2 rings (SSSR count). The fourth-order valence-corrected chi connectivity index (χ4v) is 2.39. The van der Waals surface area contributed by atoms with Crippen molar-refractivity contribution in [2.24, 2.45) is 0 Å². The van der Waals surface area contributed by atoms with Crippen LogP contribution in [0, 0.1) is 11.3 Å². The van der Waals surface area contributed by atoms with Gasteiger partial charge in [-0.1, -0.05) is 12.1 Å². The van der Waals surface area contributed by atoms with Crippen molar-refractivity contribution in [3.63, 3.8) is 0 Å². The Morgan fingerprint density at radius 2 is 2.17 bits per heavy atom. The molecule has 4 heteroatoms. The van der Waals surface area contributed by atoms with Gasteiger partial charge in [0.25, 0.3) is 0 Å². The van der Waals surface area contributed by atoms with Crippen molar-refractivity contribution in [2.75, 3.05) is 24.5 Å². The van der Waals surface area contributed by atoms with Crippen molar-refractivity contribution in [3.8, 4) is 6.07 Å². The maximum atomic E-state index is 9.93. The number of aliphatic hydroxyl groups is 1. The summed E-state index contributed by atoms with van der Waals surface area (Å²) < 4.78 is 0. The molecule has 1 aromatic carbocycles. The second-order valence-electron chi connectivity index (χ2n) is 5.34. The molecule has 0 bridgehead atoms. The van der Waals surface area contributed by atoms with Gasteiger partial charge in [0.05, 0.1) is 17.4 Å². The van der Waals surface area contributed by atoms with Crippen molar-refractivity contribution in [2.45, 2.75) is 25.5 Å². The normalized spacial score (nSPS) is 23.2. The summed E-state index contributed by atoms with van der Waals surface area (Å²) in [6.07, 6.45) is -0.418. The second kappa shape index (κ2) is 4.97. The summed E-state index contributed by atoms with van der Waals surface area (Å²) in [7, 11) is 0. The Hall–Kier alpha value is -1.57. The lowest BCUT2D eigenvalue weighted by Gasteiger charge is -2.39. The fraction of sp³-hybridized carbons (Fsp3) is 0.500. The number of rotatable bonds is 1. The molecule has 1 aliphatic heterocycles. The summed E-state index contributed by atoms with van der Waals surface area (Å²) in [5, 5.41) is 22.4. The third-order valence-electron chi connectivity index (χ3n) is 3.38. The molecule has 0 spiro atoms. The molecule has 1 saturated heterocycles. The predicted octanol–water partition coefficient (Wildman–Crippen LogP) is 1.11. The zero-order chi connectivity index (χ0) is 13.2. The van der Waals surface area contributed by atoms with Crippen LogP contribution in [0.15, 0.2) is 24.3 Å². The first-order valence-electron chi connectivity index (χ1n) is 6.20. The summed E-state index contributed by atoms with van der Waals surface area (Å²) >= 11 is 0. The van der Waals surface area contributed by atoms with E-state index in [4.69, 9.17) is 0 Å². The van der Waals surface area contributed by atoms with Crippen LogP contribution >= 0.6 is 0 Å². The molecular formula is C14H19N3O. The van der Waals surface area contributed by atoms with E-state index in [9.17, 15) is 10.4 Å². The topological polar surface area (TPSA) is 59.3 Å². The van der Waals surface area contributed by atoms with Crippen LogP contribution in [0.2, 0.25) is 0 Å². The average molecular weight is 245 g/mol. The van der Waals surface area contributed by atoms with Crippen LogP contribution in [-0.4, -0.2) is 36.4 Å². The number of nitrogens with one attached hydrogen (secondary N) is 1. The molecule has 4 nitrogen and oxygen atoms in total. The van der Waals surface area contributed by atoms with Crippen molar-refractivity contribution in [1.29, 1.82) is 5.26 Å². The Bertz CT molecular complexity index is 464. The van der Waals surface area contributed by atoms with Crippen LogP contribution in [-0.2, 0) is 0 Å². The molecule has 1 fully saturated rings. The molecule has 1 heterocycles. The molecular weight excluding hydrogens is 226 g/mol. The Kier molecular flexibility index (Phi) is 3.55. The monoisotopic (exact) mass is 245 g/mol. The molecule has 18 heavy (non-hydrogen) atoms. The molecule has 2 N–H and O–H groups in total. The van der Waals surface area contributed by atoms with Crippen molar-refractivity contribution in [3.05, 3.63) is 29.8 Å². The highest BCUT2D eigenvalue weighted by molar-refractivity contribution is 5.61. The first-order valence-corrected chi connectivity index (χ1v) is 6.20. The van der Waals surface area contributed by atoms with Crippen LogP contribution in [0.25, 0.3) is 0 Å². The first-order chi connectivity index (χ1) is 8.54. The zero-order valence-electron chi connectivity index (χ0n) is 10.8. The molecule has 0 aromatic heterocycles. The maximum Gasteiger partial charge on any atom is 0.101 e. The Labute approximate surface area is 108 Å². The van der Waals surface area contributed by atoms with Gasteiger partial charge >= 0.3 is 0 Å². The van der Waals surface area contributed by atoms with Crippen LogP contribution in [0.4, 0.5) is 5.69 Å². The fourth-order valence-electron chi connectivity index (χ4n) is 2.39. The van der Waals surface area contributed by atoms with Gasteiger partial charge in [0.2, 0.25) is 0 Å². The second-order valence-corrected chi connectivity index (χ2v) is 5.34. The molecule has 1 unspecified atom stereocenters. The highest BCUT2D eigenvalue weighted by atomic mass is 16.3. The van der Waals surface area contributed by atoms with E-state index in [1.54, 1.807) is 0 Å². The Morgan fingerprint density at radius 1 is 1.44 bits per heavy atom. The van der Waals surface area contributed by atoms with E-state index in [2.05, 4.69) is 30.1 Å². The molecule has 96 valence electrons. The van der Waals surface area contributed by atoms with Gasteiger partial charge in [0.15, 0.2) is 0 Å². The highest BCUT2D eigenvalue weighted by Gasteiger charge is 2.32. The molecule has 0 aliphatic carbocycles. The van der Waals surface area contributed by atoms with E-state index in [0.29, 0.717) is 18.7 Å². The molecule has 0 saturated carbocycles. The summed E-state index contributed by atoms with van der Waals surface area (Å²) in [6.45, 7) is 6.15. The lowest BCUT2D eigenvalue weighted by molar-refractivity contribution is 0.183. The molecule has 1 aliphatic rings. The Balaban J connectivity index is 2.42. The number of para-hydroxylation sites is 1. The summed E-state index contributed by atoms with van der Waals surface area (Å²) in [6, 6.07) is 9.77. The van der Waals surface area contributed by atoms with Gasteiger partial charge in [-0.15, -0.1) is 0 Å². The minimum absolute atomic E-state index is 0.134. The molecule has 0 radical (unpaired) electrons. The standard InChI is InChI=1S/C14H19N3O/c1-14(2)10-16-8-12(18)9-17(14)13-6-4-3-5-11(13)7-15/h3-6,12,16,18H,8-10H2,1-2H3. The summed E-state index contributed by atoms with van der Waals surface area (Å²) in [4.78, 5) is 2.12. The lowest BCUT2D eigenvalue weighted by atomic mass is 10.0. The number of β-amino-alcohol motifs (C(OH)–C–C–N with tert-alkyl or cyclic N) is 1. The van der Waals surface area contributed by atoms with Crippen molar-refractivity contribution in [1.82, 2.24) is 5.32 Å². The number of nitrogens with zero attached hydrogens (tertiary/aromatic N) is 2. The first kappa shape index (κ1) is 12.9. The lowest BCUT2D eigenvalue weighted by Crippen LogP contribution is -2.49. The number of hydrogen-bond donors (Lipinski definition) is 2. The number of hydrogen-bond acceptors (Lipinski definition) is 4. The van der Waals surface area contributed by atoms with Crippen LogP contribution in [0.1, 0.15) is 19.4 Å². The van der Waals surface area contributed by atoms with Gasteiger partial charge in [0, 0.05) is 25.2 Å². The smallest absolute Gasteiger partial charge is 0.101 e. The average Bonchev–Trinajstić information content (AvgIpc) is 2.48. The van der Waals surface area contributed by atoms with Gasteiger partial charge < -0.3 is 15.3 Å². The van der Waals surface area contributed by atoms with E-state index in [1.807, 2.05) is 24.3 Å². The minimum atomic E-state index is -0.418. The molecule has 1 atom stereocenters. The van der Waals surface area contributed by atoms with Crippen LogP contribution in [0.5, 0.6) is 0 Å². The van der Waals surface area contributed by atoms with Gasteiger partial charge in [-0.25, -0.2) is 0 Å². The van der Waals surface area contributed by atoms with Crippen LogP contribution in [0.3, 0.4) is 0 Å². The van der Waals surface area contributed by atoms with E-state index in [1.165, 1.54) is 0 Å². The molecule has 0 amide bonds. The third kappa shape index (κ3) is 2.47.